The molecule has 9 heavy (non-hydrogen) atoms. The van der Waals surface area contributed by atoms with Crippen molar-refractivity contribution in [3.63, 3.8) is 0 Å². The van der Waals surface area contributed by atoms with Gasteiger partial charge in [0.25, 0.3) is 0 Å². The lowest BCUT2D eigenvalue weighted by atomic mass is 10.4. The summed E-state index contributed by atoms with van der Waals surface area (Å²) < 4.78 is 0. The summed E-state index contributed by atoms with van der Waals surface area (Å²) in [6, 6.07) is 0.0636. The summed E-state index contributed by atoms with van der Waals surface area (Å²) >= 11 is 0. The first-order valence-corrected chi connectivity index (χ1v) is 2.78. The summed E-state index contributed by atoms with van der Waals surface area (Å²) in [4.78, 5) is 3.69. The fourth-order valence-electron chi connectivity index (χ4n) is 0.249. The molecule has 0 amide bonds. The molecule has 50 valence electrons. The number of nitrogens with zero attached hydrogens (tertiary/aromatic N) is 3. The smallest absolute Gasteiger partial charge is 0.0833 e. The van der Waals surface area contributed by atoms with Crippen LogP contribution in [0.2, 0.25) is 0 Å². The standard InChI is InChI=1S/C6H11N3/c1-4-8-9-5-6(2)7-3/h4-6H,3H2,1-2H3/b8-4-,9-5-/t6-/m1/s1. The Morgan fingerprint density at radius 3 is 2.56 bits per heavy atom. The maximum atomic E-state index is 3.69. The molecule has 0 aromatic heterocycles. The van der Waals surface area contributed by atoms with Gasteiger partial charge in [-0.2, -0.15) is 10.2 Å². The minimum absolute atomic E-state index is 0.0636. The second kappa shape index (κ2) is 5.15. The molecule has 0 heterocycles. The normalized spacial score (nSPS) is 14.9. The molecule has 0 radical (unpaired) electrons. The zero-order chi connectivity index (χ0) is 7.11. The predicted molar refractivity (Wildman–Crippen MR) is 41.7 cm³/mol. The average molecular weight is 125 g/mol. The molecule has 0 bridgehead atoms. The van der Waals surface area contributed by atoms with Crippen LogP contribution < -0.4 is 0 Å². The first-order chi connectivity index (χ1) is 4.31. The van der Waals surface area contributed by atoms with E-state index in [0.29, 0.717) is 0 Å². The maximum Gasteiger partial charge on any atom is 0.0833 e. The fourth-order valence-corrected chi connectivity index (χ4v) is 0.249. The van der Waals surface area contributed by atoms with E-state index < -0.39 is 0 Å². The fraction of sp³-hybridized carbons (Fsp3) is 0.500. The zero-order valence-electron chi connectivity index (χ0n) is 5.78. The third-order valence-electron chi connectivity index (χ3n) is 0.753. The van der Waals surface area contributed by atoms with Crippen molar-refractivity contribution in [2.45, 2.75) is 19.9 Å². The molecule has 1 atom stereocenters. The molecule has 3 heteroatoms. The van der Waals surface area contributed by atoms with E-state index in [-0.39, 0.29) is 6.04 Å². The molecule has 0 aliphatic heterocycles. The van der Waals surface area contributed by atoms with Crippen LogP contribution in [-0.2, 0) is 0 Å². The van der Waals surface area contributed by atoms with Gasteiger partial charge in [-0.25, -0.2) is 0 Å². The Hall–Kier alpha value is -0.990. The second-order valence-electron chi connectivity index (χ2n) is 1.56. The molecule has 0 unspecified atom stereocenters. The van der Waals surface area contributed by atoms with Crippen molar-refractivity contribution >= 4 is 19.1 Å². The topological polar surface area (TPSA) is 37.1 Å². The lowest BCUT2D eigenvalue weighted by Crippen LogP contribution is -1.96. The Labute approximate surface area is 55.2 Å². The van der Waals surface area contributed by atoms with Crippen molar-refractivity contribution in [2.24, 2.45) is 15.2 Å². The Balaban J connectivity index is 3.55. The van der Waals surface area contributed by atoms with Crippen molar-refractivity contribution in [1.82, 2.24) is 0 Å². The van der Waals surface area contributed by atoms with Gasteiger partial charge < -0.3 is 0 Å². The minimum atomic E-state index is 0.0636. The van der Waals surface area contributed by atoms with Crippen molar-refractivity contribution in [3.8, 4) is 0 Å². The number of rotatable bonds is 3. The van der Waals surface area contributed by atoms with Gasteiger partial charge >= 0.3 is 0 Å². The molecular formula is C6H11N3. The minimum Gasteiger partial charge on any atom is -0.292 e. The number of aliphatic imine (C=N–C) groups is 1. The molecule has 3 nitrogen and oxygen atoms in total. The van der Waals surface area contributed by atoms with Gasteiger partial charge in [0.05, 0.1) is 12.3 Å². The third kappa shape index (κ3) is 4.87. The van der Waals surface area contributed by atoms with Crippen LogP contribution in [0, 0.1) is 0 Å². The van der Waals surface area contributed by atoms with E-state index in [4.69, 9.17) is 0 Å². The maximum absolute atomic E-state index is 3.69. The van der Waals surface area contributed by atoms with Gasteiger partial charge in [0.15, 0.2) is 0 Å². The first-order valence-electron chi connectivity index (χ1n) is 2.78. The van der Waals surface area contributed by atoms with Crippen LogP contribution in [0.15, 0.2) is 15.2 Å². The van der Waals surface area contributed by atoms with Crippen LogP contribution >= 0.6 is 0 Å². The lowest BCUT2D eigenvalue weighted by molar-refractivity contribution is 0.996. The molecule has 0 rings (SSSR count). The third-order valence-corrected chi connectivity index (χ3v) is 0.753. The van der Waals surface area contributed by atoms with E-state index in [2.05, 4.69) is 21.9 Å². The quantitative estimate of drug-likeness (QED) is 0.401. The van der Waals surface area contributed by atoms with Gasteiger partial charge in [0.2, 0.25) is 0 Å². The molecule has 0 saturated heterocycles. The second-order valence-corrected chi connectivity index (χ2v) is 1.56. The molecule has 0 aliphatic rings. The summed E-state index contributed by atoms with van der Waals surface area (Å²) in [6.07, 6.45) is 3.25. The molecule has 0 saturated carbocycles. The van der Waals surface area contributed by atoms with Gasteiger partial charge in [-0.05, 0) is 20.6 Å². The monoisotopic (exact) mass is 125 g/mol. The molecular weight excluding hydrogens is 114 g/mol. The van der Waals surface area contributed by atoms with E-state index in [1.807, 2.05) is 13.8 Å². The van der Waals surface area contributed by atoms with Gasteiger partial charge in [0.1, 0.15) is 0 Å². The van der Waals surface area contributed by atoms with Crippen molar-refractivity contribution in [2.75, 3.05) is 0 Å². The molecule has 0 aromatic rings. The Bertz CT molecular complexity index is 126. The highest BCUT2D eigenvalue weighted by molar-refractivity contribution is 5.66. The van der Waals surface area contributed by atoms with Gasteiger partial charge in [0, 0.05) is 6.21 Å². The Morgan fingerprint density at radius 2 is 2.11 bits per heavy atom. The largest absolute Gasteiger partial charge is 0.292 e. The van der Waals surface area contributed by atoms with Crippen molar-refractivity contribution in [3.05, 3.63) is 0 Å². The van der Waals surface area contributed by atoms with Gasteiger partial charge in [-0.15, -0.1) is 0 Å². The van der Waals surface area contributed by atoms with Crippen molar-refractivity contribution in [1.29, 1.82) is 0 Å². The van der Waals surface area contributed by atoms with Crippen LogP contribution in [0.5, 0.6) is 0 Å². The van der Waals surface area contributed by atoms with E-state index in [1.165, 1.54) is 0 Å². The van der Waals surface area contributed by atoms with E-state index in [0.717, 1.165) is 0 Å². The van der Waals surface area contributed by atoms with Crippen LogP contribution in [0.4, 0.5) is 0 Å². The summed E-state index contributed by atoms with van der Waals surface area (Å²) in [5, 5.41) is 7.29. The van der Waals surface area contributed by atoms with Crippen LogP contribution in [0.3, 0.4) is 0 Å². The number of hydrogen-bond donors (Lipinski definition) is 0. The highest BCUT2D eigenvalue weighted by atomic mass is 15.2. The Kier molecular flexibility index (Phi) is 4.59. The van der Waals surface area contributed by atoms with E-state index >= 15 is 0 Å². The zero-order valence-corrected chi connectivity index (χ0v) is 5.78. The molecule has 0 aliphatic carbocycles. The van der Waals surface area contributed by atoms with Gasteiger partial charge in [-0.3, -0.25) is 4.99 Å². The SMILES string of the molecule is C=N[C@H](C)/C=N\N=C/C. The highest BCUT2D eigenvalue weighted by Crippen LogP contribution is 1.80. The van der Waals surface area contributed by atoms with E-state index in [1.54, 1.807) is 12.4 Å². The highest BCUT2D eigenvalue weighted by Gasteiger charge is 1.85. The summed E-state index contributed by atoms with van der Waals surface area (Å²) in [5.41, 5.74) is 0. The summed E-state index contributed by atoms with van der Waals surface area (Å²) in [5.74, 6) is 0. The first kappa shape index (κ1) is 8.01. The predicted octanol–water partition coefficient (Wildman–Crippen LogP) is 1.15. The molecule has 0 spiro atoms. The summed E-state index contributed by atoms with van der Waals surface area (Å²) in [7, 11) is 0. The lowest BCUT2D eigenvalue weighted by Gasteiger charge is -1.89. The van der Waals surface area contributed by atoms with Crippen LogP contribution in [0.25, 0.3) is 0 Å². The van der Waals surface area contributed by atoms with Crippen LogP contribution in [0.1, 0.15) is 13.8 Å². The van der Waals surface area contributed by atoms with Gasteiger partial charge in [-0.1, -0.05) is 0 Å². The molecule has 0 N–H and O–H groups in total. The van der Waals surface area contributed by atoms with Crippen molar-refractivity contribution < 1.29 is 0 Å². The molecule has 0 aromatic carbocycles. The van der Waals surface area contributed by atoms with E-state index in [9.17, 15) is 0 Å². The molecule has 0 fully saturated rings. The Morgan fingerprint density at radius 1 is 1.44 bits per heavy atom. The number of hydrogen-bond acceptors (Lipinski definition) is 3. The summed E-state index contributed by atoms with van der Waals surface area (Å²) in [6.45, 7) is 7.05. The van der Waals surface area contributed by atoms with Crippen LogP contribution in [-0.4, -0.2) is 25.2 Å². The average Bonchev–Trinajstić information content (AvgIpc) is 1.89.